The predicted octanol–water partition coefficient (Wildman–Crippen LogP) is 3.57. The van der Waals surface area contributed by atoms with E-state index in [-0.39, 0.29) is 0 Å². The first-order valence-corrected chi connectivity index (χ1v) is 4.89. The molecule has 0 aliphatic heterocycles. The highest BCUT2D eigenvalue weighted by atomic mass is 35.5. The first-order valence-electron chi connectivity index (χ1n) is 3.70. The number of aromatic nitrogens is 1. The van der Waals surface area contributed by atoms with E-state index in [0.717, 1.165) is 11.1 Å². The van der Waals surface area contributed by atoms with Gasteiger partial charge in [-0.05, 0) is 26.0 Å². The van der Waals surface area contributed by atoms with Crippen LogP contribution in [0.1, 0.15) is 10.6 Å². The van der Waals surface area contributed by atoms with E-state index in [2.05, 4.69) is 24.0 Å². The van der Waals surface area contributed by atoms with Crippen molar-refractivity contribution in [2.45, 2.75) is 13.8 Å². The normalized spacial score (nSPS) is 10.9. The lowest BCUT2D eigenvalue weighted by Crippen LogP contribution is -1.79. The number of pyridine rings is 1. The van der Waals surface area contributed by atoms with Crippen molar-refractivity contribution in [1.29, 1.82) is 0 Å². The van der Waals surface area contributed by atoms with Crippen LogP contribution >= 0.6 is 22.9 Å². The van der Waals surface area contributed by atoms with E-state index in [4.69, 9.17) is 11.6 Å². The molecular weight excluding hydrogens is 190 g/mol. The molecule has 0 aromatic carbocycles. The maximum Gasteiger partial charge on any atom is 0.137 e. The molecule has 2 heterocycles. The molecule has 62 valence electrons. The van der Waals surface area contributed by atoms with E-state index < -0.39 is 0 Å². The number of rotatable bonds is 0. The van der Waals surface area contributed by atoms with Crippen LogP contribution in [0.15, 0.2) is 12.1 Å². The van der Waals surface area contributed by atoms with Gasteiger partial charge in [-0.15, -0.1) is 11.3 Å². The molecule has 0 aliphatic carbocycles. The number of nitrogens with zero attached hydrogens (tertiary/aromatic N) is 1. The van der Waals surface area contributed by atoms with Gasteiger partial charge in [0.1, 0.15) is 5.15 Å². The minimum Gasteiger partial charge on any atom is -0.241 e. The van der Waals surface area contributed by atoms with Crippen LogP contribution in [0.3, 0.4) is 0 Å². The quantitative estimate of drug-likeness (QED) is 0.589. The number of halogens is 1. The number of thiophene rings is 1. The summed E-state index contributed by atoms with van der Waals surface area (Å²) in [6.45, 7) is 4.04. The van der Waals surface area contributed by atoms with E-state index in [0.29, 0.717) is 5.15 Å². The molecule has 0 amide bonds. The molecule has 0 unspecified atom stereocenters. The Morgan fingerprint density at radius 1 is 1.33 bits per heavy atom. The van der Waals surface area contributed by atoms with Crippen molar-refractivity contribution in [3.63, 3.8) is 0 Å². The second-order valence-corrected chi connectivity index (χ2v) is 4.47. The largest absolute Gasteiger partial charge is 0.241 e. The Kier molecular flexibility index (Phi) is 1.81. The SMILES string of the molecule is Cc1cc2sc(C)cc2c(Cl)n1. The van der Waals surface area contributed by atoms with Gasteiger partial charge >= 0.3 is 0 Å². The Morgan fingerprint density at radius 3 is 2.83 bits per heavy atom. The summed E-state index contributed by atoms with van der Waals surface area (Å²) < 4.78 is 1.23. The highest BCUT2D eigenvalue weighted by Gasteiger charge is 2.04. The van der Waals surface area contributed by atoms with Crippen molar-refractivity contribution >= 4 is 33.0 Å². The molecule has 0 radical (unpaired) electrons. The Bertz CT molecular complexity index is 433. The van der Waals surface area contributed by atoms with Crippen molar-refractivity contribution < 1.29 is 0 Å². The summed E-state index contributed by atoms with van der Waals surface area (Å²) in [6, 6.07) is 4.15. The van der Waals surface area contributed by atoms with E-state index in [1.54, 1.807) is 11.3 Å². The predicted molar refractivity (Wildman–Crippen MR) is 54.1 cm³/mol. The number of fused-ring (bicyclic) bond motifs is 1. The van der Waals surface area contributed by atoms with E-state index >= 15 is 0 Å². The van der Waals surface area contributed by atoms with Gasteiger partial charge in [0.15, 0.2) is 0 Å². The van der Waals surface area contributed by atoms with Gasteiger partial charge in [0.2, 0.25) is 0 Å². The average molecular weight is 198 g/mol. The molecule has 1 nitrogen and oxygen atoms in total. The fourth-order valence-electron chi connectivity index (χ4n) is 1.24. The smallest absolute Gasteiger partial charge is 0.137 e. The molecule has 0 N–H and O–H groups in total. The highest BCUT2D eigenvalue weighted by Crippen LogP contribution is 2.29. The van der Waals surface area contributed by atoms with Crippen molar-refractivity contribution in [3.8, 4) is 0 Å². The third-order valence-electron chi connectivity index (χ3n) is 1.72. The van der Waals surface area contributed by atoms with Gasteiger partial charge in [-0.2, -0.15) is 0 Å². The lowest BCUT2D eigenvalue weighted by Gasteiger charge is -1.94. The molecule has 2 aromatic heterocycles. The van der Waals surface area contributed by atoms with Crippen LogP contribution in [0.25, 0.3) is 10.1 Å². The van der Waals surface area contributed by atoms with E-state index in [1.807, 2.05) is 6.92 Å². The second kappa shape index (κ2) is 2.71. The van der Waals surface area contributed by atoms with Crippen LogP contribution in [-0.4, -0.2) is 4.98 Å². The standard InChI is InChI=1S/C9H8ClNS/c1-5-3-8-7(9(10)11-5)4-6(2)12-8/h3-4H,1-2H3. The number of hydrogen-bond acceptors (Lipinski definition) is 2. The fraction of sp³-hybridized carbons (Fsp3) is 0.222. The lowest BCUT2D eigenvalue weighted by molar-refractivity contribution is 1.23. The summed E-state index contributed by atoms with van der Waals surface area (Å²) in [5.41, 5.74) is 0.981. The first-order chi connectivity index (χ1) is 5.66. The average Bonchev–Trinajstić information content (AvgIpc) is 2.29. The Hall–Kier alpha value is -0.600. The molecule has 0 bridgehead atoms. The minimum absolute atomic E-state index is 0.620. The molecule has 0 atom stereocenters. The third-order valence-corrected chi connectivity index (χ3v) is 3.01. The molecule has 0 saturated carbocycles. The van der Waals surface area contributed by atoms with Crippen molar-refractivity contribution in [2.75, 3.05) is 0 Å². The van der Waals surface area contributed by atoms with Crippen LogP contribution < -0.4 is 0 Å². The molecule has 3 heteroatoms. The van der Waals surface area contributed by atoms with Gasteiger partial charge in [0.05, 0.1) is 0 Å². The summed E-state index contributed by atoms with van der Waals surface area (Å²) in [7, 11) is 0. The topological polar surface area (TPSA) is 12.9 Å². The van der Waals surface area contributed by atoms with E-state index in [9.17, 15) is 0 Å². The monoisotopic (exact) mass is 197 g/mol. The van der Waals surface area contributed by atoms with E-state index in [1.165, 1.54) is 9.58 Å². The summed E-state index contributed by atoms with van der Waals surface area (Å²) in [5.74, 6) is 0. The zero-order chi connectivity index (χ0) is 8.72. The molecule has 0 saturated heterocycles. The van der Waals surface area contributed by atoms with Crippen LogP contribution in [-0.2, 0) is 0 Å². The molecule has 12 heavy (non-hydrogen) atoms. The van der Waals surface area contributed by atoms with Gasteiger partial charge in [-0.3, -0.25) is 0 Å². The zero-order valence-electron chi connectivity index (χ0n) is 6.89. The van der Waals surface area contributed by atoms with Crippen LogP contribution in [0.5, 0.6) is 0 Å². The fourth-order valence-corrected chi connectivity index (χ4v) is 2.60. The third kappa shape index (κ3) is 1.21. The van der Waals surface area contributed by atoms with Crippen molar-refractivity contribution in [1.82, 2.24) is 4.98 Å². The van der Waals surface area contributed by atoms with Crippen LogP contribution in [0.2, 0.25) is 5.15 Å². The molecule has 2 aromatic rings. The Labute approximate surface area is 80.0 Å². The summed E-state index contributed by atoms with van der Waals surface area (Å²) >= 11 is 7.73. The molecule has 0 spiro atoms. The molecule has 0 aliphatic rings. The van der Waals surface area contributed by atoms with Crippen LogP contribution in [0, 0.1) is 13.8 Å². The molecular formula is C9H8ClNS. The second-order valence-electron chi connectivity index (χ2n) is 2.82. The maximum atomic E-state index is 5.97. The zero-order valence-corrected chi connectivity index (χ0v) is 8.46. The van der Waals surface area contributed by atoms with Crippen molar-refractivity contribution in [3.05, 3.63) is 27.9 Å². The maximum absolute atomic E-state index is 5.97. The lowest BCUT2D eigenvalue weighted by atomic mass is 10.3. The summed E-state index contributed by atoms with van der Waals surface area (Å²) in [4.78, 5) is 5.46. The van der Waals surface area contributed by atoms with Gasteiger partial charge in [0, 0.05) is 20.7 Å². The van der Waals surface area contributed by atoms with Gasteiger partial charge in [-0.1, -0.05) is 11.6 Å². The first kappa shape index (κ1) is 8.02. The Balaban J connectivity index is 2.88. The molecule has 2 rings (SSSR count). The van der Waals surface area contributed by atoms with Gasteiger partial charge in [0.25, 0.3) is 0 Å². The Morgan fingerprint density at radius 2 is 2.08 bits per heavy atom. The van der Waals surface area contributed by atoms with Gasteiger partial charge in [-0.25, -0.2) is 4.98 Å². The summed E-state index contributed by atoms with van der Waals surface area (Å²) in [6.07, 6.45) is 0. The van der Waals surface area contributed by atoms with Gasteiger partial charge < -0.3 is 0 Å². The molecule has 0 fully saturated rings. The summed E-state index contributed by atoms with van der Waals surface area (Å²) in [5, 5.41) is 1.69. The van der Waals surface area contributed by atoms with Crippen molar-refractivity contribution in [2.24, 2.45) is 0 Å². The van der Waals surface area contributed by atoms with Crippen LogP contribution in [0.4, 0.5) is 0 Å². The minimum atomic E-state index is 0.620. The number of aryl methyl sites for hydroxylation is 2. The highest BCUT2D eigenvalue weighted by molar-refractivity contribution is 7.19. The number of hydrogen-bond donors (Lipinski definition) is 0.